The van der Waals surface area contributed by atoms with Crippen LogP contribution in [0.4, 0.5) is 0 Å². The van der Waals surface area contributed by atoms with E-state index < -0.39 is 0 Å². The maximum atomic E-state index is 5.89. The molecule has 0 radical (unpaired) electrons. The normalized spacial score (nSPS) is 10.6. The van der Waals surface area contributed by atoms with Gasteiger partial charge in [-0.2, -0.15) is 0 Å². The van der Waals surface area contributed by atoms with Gasteiger partial charge in [0.2, 0.25) is 0 Å². The van der Waals surface area contributed by atoms with Crippen LogP contribution in [0.25, 0.3) is 0 Å². The van der Waals surface area contributed by atoms with Gasteiger partial charge in [0.05, 0.1) is 4.47 Å². The van der Waals surface area contributed by atoms with Crippen molar-refractivity contribution in [3.05, 3.63) is 62.5 Å². The maximum Gasteiger partial charge on any atom is 0.134 e. The maximum absolute atomic E-state index is 5.89. The van der Waals surface area contributed by atoms with Crippen LogP contribution in [-0.4, -0.2) is 6.54 Å². The summed E-state index contributed by atoms with van der Waals surface area (Å²) in [6, 6.07) is 14.3. The largest absolute Gasteiger partial charge is 0.488 e. The van der Waals surface area contributed by atoms with Crippen LogP contribution in [0.5, 0.6) is 5.75 Å². The fourth-order valence-electron chi connectivity index (χ4n) is 1.95. The van der Waals surface area contributed by atoms with Crippen molar-refractivity contribution in [3.63, 3.8) is 0 Å². The number of hydrogen-bond acceptors (Lipinski definition) is 2. The Morgan fingerprint density at radius 2 is 1.86 bits per heavy atom. The van der Waals surface area contributed by atoms with Crippen LogP contribution in [-0.2, 0) is 13.2 Å². The third kappa shape index (κ3) is 5.13. The Labute approximate surface area is 143 Å². The molecule has 0 aromatic heterocycles. The Kier molecular flexibility index (Phi) is 6.74. The Hall–Kier alpha value is -0.840. The van der Waals surface area contributed by atoms with Crippen molar-refractivity contribution in [2.24, 2.45) is 0 Å². The van der Waals surface area contributed by atoms with E-state index in [9.17, 15) is 0 Å². The molecular weight excluding hydrogens is 394 g/mol. The first-order chi connectivity index (χ1) is 10.2. The number of benzene rings is 2. The molecule has 0 fully saturated rings. The Morgan fingerprint density at radius 1 is 1.05 bits per heavy atom. The van der Waals surface area contributed by atoms with Crippen LogP contribution in [0.3, 0.4) is 0 Å². The molecule has 2 nitrogen and oxygen atoms in total. The minimum absolute atomic E-state index is 0.549. The predicted octanol–water partition coefficient (Wildman–Crippen LogP) is 5.29. The number of rotatable bonds is 7. The molecular formula is C17H19Br2NO. The van der Waals surface area contributed by atoms with Gasteiger partial charge in [-0.15, -0.1) is 0 Å². The van der Waals surface area contributed by atoms with Gasteiger partial charge in [-0.05, 0) is 52.7 Å². The smallest absolute Gasteiger partial charge is 0.134 e. The predicted molar refractivity (Wildman–Crippen MR) is 94.6 cm³/mol. The van der Waals surface area contributed by atoms with Gasteiger partial charge in [0.15, 0.2) is 0 Å². The molecule has 0 saturated heterocycles. The van der Waals surface area contributed by atoms with Crippen molar-refractivity contribution in [2.75, 3.05) is 6.54 Å². The quantitative estimate of drug-likeness (QED) is 0.623. The summed E-state index contributed by atoms with van der Waals surface area (Å²) in [7, 11) is 0. The highest BCUT2D eigenvalue weighted by molar-refractivity contribution is 9.10. The van der Waals surface area contributed by atoms with Crippen LogP contribution in [0, 0.1) is 0 Å². The monoisotopic (exact) mass is 411 g/mol. The summed E-state index contributed by atoms with van der Waals surface area (Å²) in [5.41, 5.74) is 2.39. The van der Waals surface area contributed by atoms with Gasteiger partial charge in [-0.25, -0.2) is 0 Å². The molecule has 0 atom stereocenters. The number of hydrogen-bond donors (Lipinski definition) is 1. The molecule has 0 amide bonds. The van der Waals surface area contributed by atoms with Crippen molar-refractivity contribution < 1.29 is 4.74 Å². The second-order valence-electron chi connectivity index (χ2n) is 4.82. The number of halogens is 2. The number of ether oxygens (including phenoxy) is 1. The van der Waals surface area contributed by atoms with E-state index in [1.54, 1.807) is 0 Å². The second-order valence-corrected chi connectivity index (χ2v) is 6.53. The molecule has 21 heavy (non-hydrogen) atoms. The average molecular weight is 413 g/mol. The van der Waals surface area contributed by atoms with E-state index in [4.69, 9.17) is 4.74 Å². The highest BCUT2D eigenvalue weighted by Crippen LogP contribution is 2.27. The van der Waals surface area contributed by atoms with Crippen molar-refractivity contribution >= 4 is 31.9 Å². The van der Waals surface area contributed by atoms with Gasteiger partial charge < -0.3 is 10.1 Å². The first kappa shape index (κ1) is 16.5. The minimum Gasteiger partial charge on any atom is -0.488 e. The molecule has 0 aliphatic heterocycles. The summed E-state index contributed by atoms with van der Waals surface area (Å²) >= 11 is 7.12. The fraction of sp³-hybridized carbons (Fsp3) is 0.294. The second kappa shape index (κ2) is 8.57. The molecule has 1 N–H and O–H groups in total. The third-order valence-electron chi connectivity index (χ3n) is 3.09. The molecule has 0 bridgehead atoms. The molecule has 0 spiro atoms. The first-order valence-corrected chi connectivity index (χ1v) is 8.64. The molecule has 0 heterocycles. The van der Waals surface area contributed by atoms with Crippen LogP contribution < -0.4 is 10.1 Å². The van der Waals surface area contributed by atoms with E-state index in [0.717, 1.165) is 39.8 Å². The van der Waals surface area contributed by atoms with Crippen molar-refractivity contribution in [3.8, 4) is 5.75 Å². The Balaban J connectivity index is 1.96. The SMILES string of the molecule is CCCNCc1ccc(OCc2ccccc2Br)c(Br)c1. The van der Waals surface area contributed by atoms with Gasteiger partial charge in [-0.3, -0.25) is 0 Å². The molecule has 112 valence electrons. The topological polar surface area (TPSA) is 21.3 Å². The van der Waals surface area contributed by atoms with E-state index in [1.807, 2.05) is 24.3 Å². The molecule has 0 saturated carbocycles. The van der Waals surface area contributed by atoms with Gasteiger partial charge in [0.1, 0.15) is 12.4 Å². The van der Waals surface area contributed by atoms with Gasteiger partial charge >= 0.3 is 0 Å². The Morgan fingerprint density at radius 3 is 2.57 bits per heavy atom. The summed E-state index contributed by atoms with van der Waals surface area (Å²) in [5.74, 6) is 0.866. The summed E-state index contributed by atoms with van der Waals surface area (Å²) in [4.78, 5) is 0. The zero-order chi connectivity index (χ0) is 15.1. The Bertz CT molecular complexity index is 587. The molecule has 2 aromatic carbocycles. The zero-order valence-electron chi connectivity index (χ0n) is 12.0. The molecule has 0 unspecified atom stereocenters. The standard InChI is InChI=1S/C17H19Br2NO/c1-2-9-20-11-13-7-8-17(16(19)10-13)21-12-14-5-3-4-6-15(14)18/h3-8,10,20H,2,9,11-12H2,1H3. The van der Waals surface area contributed by atoms with E-state index >= 15 is 0 Å². The minimum atomic E-state index is 0.549. The highest BCUT2D eigenvalue weighted by atomic mass is 79.9. The fourth-order valence-corrected chi connectivity index (χ4v) is 2.89. The first-order valence-electron chi connectivity index (χ1n) is 7.06. The lowest BCUT2D eigenvalue weighted by Gasteiger charge is -2.11. The summed E-state index contributed by atoms with van der Waals surface area (Å²) in [5, 5.41) is 3.40. The van der Waals surface area contributed by atoms with Crippen LogP contribution in [0.15, 0.2) is 51.4 Å². The van der Waals surface area contributed by atoms with E-state index in [1.165, 1.54) is 5.56 Å². The van der Waals surface area contributed by atoms with Crippen LogP contribution in [0.1, 0.15) is 24.5 Å². The van der Waals surface area contributed by atoms with Crippen LogP contribution in [0.2, 0.25) is 0 Å². The third-order valence-corrected chi connectivity index (χ3v) is 4.49. The van der Waals surface area contributed by atoms with Gasteiger partial charge in [0.25, 0.3) is 0 Å². The van der Waals surface area contributed by atoms with Crippen molar-refractivity contribution in [1.82, 2.24) is 5.32 Å². The van der Waals surface area contributed by atoms with Gasteiger partial charge in [0, 0.05) is 16.6 Å². The zero-order valence-corrected chi connectivity index (χ0v) is 15.2. The molecule has 4 heteroatoms. The van der Waals surface area contributed by atoms with Crippen LogP contribution >= 0.6 is 31.9 Å². The lowest BCUT2D eigenvalue weighted by molar-refractivity contribution is 0.303. The lowest BCUT2D eigenvalue weighted by Crippen LogP contribution is -2.13. The van der Waals surface area contributed by atoms with Crippen molar-refractivity contribution in [1.29, 1.82) is 0 Å². The molecule has 0 aliphatic rings. The molecule has 2 rings (SSSR count). The van der Waals surface area contributed by atoms with Crippen molar-refractivity contribution in [2.45, 2.75) is 26.5 Å². The highest BCUT2D eigenvalue weighted by Gasteiger charge is 2.05. The number of nitrogens with one attached hydrogen (secondary N) is 1. The molecule has 2 aromatic rings. The summed E-state index contributed by atoms with van der Waals surface area (Å²) in [6.07, 6.45) is 1.15. The van der Waals surface area contributed by atoms with E-state index in [-0.39, 0.29) is 0 Å². The van der Waals surface area contributed by atoms with Gasteiger partial charge in [-0.1, -0.05) is 47.1 Å². The van der Waals surface area contributed by atoms with E-state index in [0.29, 0.717) is 6.61 Å². The lowest BCUT2D eigenvalue weighted by atomic mass is 10.2. The molecule has 0 aliphatic carbocycles. The average Bonchev–Trinajstić information content (AvgIpc) is 2.48. The summed E-state index contributed by atoms with van der Waals surface area (Å²) in [6.45, 7) is 4.64. The summed E-state index contributed by atoms with van der Waals surface area (Å²) < 4.78 is 7.95. The van der Waals surface area contributed by atoms with E-state index in [2.05, 4.69) is 62.3 Å².